The zero-order valence-electron chi connectivity index (χ0n) is 16.7. The number of unbranched alkanes of at least 4 members (excludes halogenated alkanes) is 4. The number of sulfonamides is 2. The number of rotatable bonds is 10. The van der Waals surface area contributed by atoms with E-state index < -0.39 is 31.1 Å². The Hall–Kier alpha value is -0.970. The number of halogens is 6. The summed E-state index contributed by atoms with van der Waals surface area (Å²) >= 11 is 1.77. The van der Waals surface area contributed by atoms with Gasteiger partial charge in [0.15, 0.2) is 25.7 Å². The molecule has 7 nitrogen and oxygen atoms in total. The highest BCUT2D eigenvalue weighted by atomic mass is 32.3. The average Bonchev–Trinajstić information content (AvgIpc) is 2.93. The standard InChI is InChI=1S/C13H24NOS.C2F6NO4S2/c1-3-4-5-6-7-9-14-11-16-13(8-10-15)12(14)2;3-1(4,5)14(10,11)9-15(12,13)2(6,7)8/h11,15H,3-10H2,1-2H3;/q+1;-1. The maximum atomic E-state index is 11.4. The van der Waals surface area contributed by atoms with Crippen LogP contribution in [-0.2, 0) is 33.0 Å². The molecule has 0 bridgehead atoms. The van der Waals surface area contributed by atoms with Gasteiger partial charge in [-0.05, 0) is 6.42 Å². The number of alkyl halides is 6. The van der Waals surface area contributed by atoms with Crippen LogP contribution in [0.1, 0.15) is 49.6 Å². The quantitative estimate of drug-likeness (QED) is 0.285. The SMILES string of the molecule is CCCCCCC[n+]1csc(CCO)c1C.O=S(=O)([N-]S(=O)(=O)C(F)(F)F)C(F)(F)F. The minimum absolute atomic E-state index is 0.262. The van der Waals surface area contributed by atoms with Crippen molar-refractivity contribution in [3.8, 4) is 0 Å². The molecule has 1 rings (SSSR count). The van der Waals surface area contributed by atoms with Crippen LogP contribution in [0.15, 0.2) is 5.51 Å². The van der Waals surface area contributed by atoms with Crippen molar-refractivity contribution < 1.29 is 52.9 Å². The van der Waals surface area contributed by atoms with Crippen LogP contribution in [0.2, 0.25) is 0 Å². The van der Waals surface area contributed by atoms with Crippen LogP contribution in [0.5, 0.6) is 0 Å². The highest BCUT2D eigenvalue weighted by Gasteiger charge is 2.46. The Morgan fingerprint density at radius 1 is 0.968 bits per heavy atom. The van der Waals surface area contributed by atoms with E-state index >= 15 is 0 Å². The van der Waals surface area contributed by atoms with Gasteiger partial charge in [-0.1, -0.05) is 37.5 Å². The Kier molecular flexibility index (Phi) is 11.9. The topological polar surface area (TPSA) is 106 Å². The lowest BCUT2D eigenvalue weighted by atomic mass is 10.1. The predicted molar refractivity (Wildman–Crippen MR) is 102 cm³/mol. The van der Waals surface area contributed by atoms with Crippen molar-refractivity contribution in [2.24, 2.45) is 0 Å². The van der Waals surface area contributed by atoms with E-state index in [9.17, 15) is 43.2 Å². The number of aromatic nitrogens is 1. The van der Waals surface area contributed by atoms with Crippen LogP contribution in [0, 0.1) is 6.92 Å². The van der Waals surface area contributed by atoms with Gasteiger partial charge >= 0.3 is 11.0 Å². The van der Waals surface area contributed by atoms with Gasteiger partial charge in [-0.3, -0.25) is 0 Å². The minimum atomic E-state index is -6.72. The molecular weight excluding hydrogens is 498 g/mol. The monoisotopic (exact) mass is 522 g/mol. The van der Waals surface area contributed by atoms with Crippen LogP contribution in [0.4, 0.5) is 26.3 Å². The molecule has 0 fully saturated rings. The molecule has 31 heavy (non-hydrogen) atoms. The van der Waals surface area contributed by atoms with Crippen LogP contribution in [-0.4, -0.2) is 39.6 Å². The van der Waals surface area contributed by atoms with Crippen molar-refractivity contribution in [3.63, 3.8) is 0 Å². The first-order valence-corrected chi connectivity index (χ1v) is 12.7. The second-order valence-corrected chi connectivity index (χ2v) is 10.6. The fourth-order valence-corrected chi connectivity index (χ4v) is 4.84. The maximum absolute atomic E-state index is 11.4. The van der Waals surface area contributed by atoms with E-state index in [2.05, 4.69) is 23.9 Å². The summed E-state index contributed by atoms with van der Waals surface area (Å²) in [5, 5.41) is 8.92. The van der Waals surface area contributed by atoms with Gasteiger partial charge < -0.3 is 9.23 Å². The molecule has 1 aromatic heterocycles. The highest BCUT2D eigenvalue weighted by molar-refractivity contribution is 8.13. The lowest BCUT2D eigenvalue weighted by Crippen LogP contribution is -2.34. The number of aliphatic hydroxyl groups excluding tert-OH is 1. The van der Waals surface area contributed by atoms with E-state index in [1.807, 2.05) is 0 Å². The van der Waals surface area contributed by atoms with Crippen molar-refractivity contribution in [1.29, 1.82) is 0 Å². The molecule has 0 amide bonds. The Bertz CT molecular complexity index is 838. The number of nitrogens with zero attached hydrogens (tertiary/aromatic N) is 2. The third-order valence-corrected chi connectivity index (χ3v) is 7.66. The number of hydrogen-bond acceptors (Lipinski definition) is 6. The summed E-state index contributed by atoms with van der Waals surface area (Å²) in [6.45, 7) is 5.81. The van der Waals surface area contributed by atoms with E-state index in [-0.39, 0.29) is 6.61 Å². The van der Waals surface area contributed by atoms with Crippen molar-refractivity contribution in [2.75, 3.05) is 6.61 Å². The normalized spacial score (nSPS) is 13.1. The van der Waals surface area contributed by atoms with Crippen molar-refractivity contribution in [3.05, 3.63) is 20.2 Å². The number of hydrogen-bond donors (Lipinski definition) is 1. The molecule has 0 saturated carbocycles. The fourth-order valence-electron chi connectivity index (χ4n) is 2.11. The van der Waals surface area contributed by atoms with Crippen molar-refractivity contribution in [1.82, 2.24) is 0 Å². The van der Waals surface area contributed by atoms with E-state index in [4.69, 9.17) is 5.11 Å². The van der Waals surface area contributed by atoms with Gasteiger partial charge in [0.05, 0.1) is 4.88 Å². The van der Waals surface area contributed by atoms with Gasteiger partial charge in [-0.25, -0.2) is 16.8 Å². The van der Waals surface area contributed by atoms with Gasteiger partial charge in [-0.2, -0.15) is 30.9 Å². The molecule has 0 aromatic carbocycles. The zero-order valence-corrected chi connectivity index (χ0v) is 19.2. The molecule has 0 aliphatic rings. The summed E-state index contributed by atoms with van der Waals surface area (Å²) in [7, 11) is -13.4. The van der Waals surface area contributed by atoms with Crippen LogP contribution < -0.4 is 4.57 Å². The van der Waals surface area contributed by atoms with Gasteiger partial charge in [0.2, 0.25) is 5.51 Å². The molecule has 0 unspecified atom stereocenters. The van der Waals surface area contributed by atoms with Gasteiger partial charge in [0.25, 0.3) is 0 Å². The zero-order chi connectivity index (χ0) is 24.5. The van der Waals surface area contributed by atoms with E-state index in [1.54, 1.807) is 11.3 Å². The number of thiazole rings is 1. The number of aliphatic hydroxyl groups is 1. The van der Waals surface area contributed by atoms with Crippen molar-refractivity contribution in [2.45, 2.75) is 69.9 Å². The van der Waals surface area contributed by atoms with Crippen LogP contribution in [0.3, 0.4) is 0 Å². The lowest BCUT2D eigenvalue weighted by molar-refractivity contribution is -0.698. The third kappa shape index (κ3) is 10.0. The molecule has 0 radical (unpaired) electrons. The second kappa shape index (κ2) is 12.3. The minimum Gasteiger partial charge on any atom is -0.421 e. The maximum Gasteiger partial charge on any atom is 0.480 e. The molecule has 0 spiro atoms. The van der Waals surface area contributed by atoms with E-state index in [0.717, 1.165) is 17.1 Å². The predicted octanol–water partition coefficient (Wildman–Crippen LogP) is 3.91. The lowest BCUT2D eigenvalue weighted by Gasteiger charge is -2.22. The fraction of sp³-hybridized carbons (Fsp3) is 0.800. The Morgan fingerprint density at radius 3 is 1.87 bits per heavy atom. The highest BCUT2D eigenvalue weighted by Crippen LogP contribution is 2.36. The first kappa shape index (κ1) is 30.0. The van der Waals surface area contributed by atoms with E-state index in [1.165, 1.54) is 42.7 Å². The average molecular weight is 523 g/mol. The first-order valence-electron chi connectivity index (χ1n) is 8.94. The molecule has 16 heteroatoms. The van der Waals surface area contributed by atoms with Crippen LogP contribution in [0.25, 0.3) is 4.13 Å². The summed E-state index contributed by atoms with van der Waals surface area (Å²) in [5.41, 5.74) is -8.87. The summed E-state index contributed by atoms with van der Waals surface area (Å²) in [5.74, 6) is 0. The molecular formula is C15H24F6N2O5S3. The molecule has 1 aromatic rings. The van der Waals surface area contributed by atoms with Crippen LogP contribution >= 0.6 is 11.3 Å². The molecule has 1 N–H and O–H groups in total. The summed E-state index contributed by atoms with van der Waals surface area (Å²) in [6.07, 6.45) is 7.46. The Morgan fingerprint density at radius 2 is 1.45 bits per heavy atom. The second-order valence-electron chi connectivity index (χ2n) is 6.23. The molecule has 1 heterocycles. The molecule has 0 aliphatic carbocycles. The summed E-state index contributed by atoms with van der Waals surface area (Å²) < 4.78 is 112. The van der Waals surface area contributed by atoms with Crippen molar-refractivity contribution >= 4 is 31.4 Å². The molecule has 184 valence electrons. The van der Waals surface area contributed by atoms with Gasteiger partial charge in [-0.15, -0.1) is 0 Å². The van der Waals surface area contributed by atoms with E-state index in [0.29, 0.717) is 0 Å². The van der Waals surface area contributed by atoms with Gasteiger partial charge in [0, 0.05) is 26.4 Å². The largest absolute Gasteiger partial charge is 0.480 e. The molecule has 0 atom stereocenters. The summed E-state index contributed by atoms with van der Waals surface area (Å²) in [4.78, 5) is 1.33. The first-order chi connectivity index (χ1) is 14.0. The summed E-state index contributed by atoms with van der Waals surface area (Å²) in [6, 6.07) is 0. The van der Waals surface area contributed by atoms with Gasteiger partial charge in [0.1, 0.15) is 6.54 Å². The smallest absolute Gasteiger partial charge is 0.421 e. The Labute approximate surface area is 181 Å². The molecule has 0 aliphatic heterocycles. The number of aryl methyl sites for hydroxylation is 1. The molecule has 0 saturated heterocycles. The Balaban J connectivity index is 0.000000582. The third-order valence-electron chi connectivity index (χ3n) is 3.78.